The Bertz CT molecular complexity index is 1250. The van der Waals surface area contributed by atoms with E-state index in [2.05, 4.69) is 19.2 Å². The molecule has 6 heteroatoms. The molecule has 0 radical (unpaired) electrons. The number of rotatable bonds is 10. The highest BCUT2D eigenvalue weighted by atomic mass is 16.6. The second-order valence-corrected chi connectivity index (χ2v) is 8.59. The number of allylic oxidation sites excluding steroid dienone is 2. The fourth-order valence-corrected chi connectivity index (χ4v) is 4.49. The van der Waals surface area contributed by atoms with Crippen molar-refractivity contribution >= 4 is 0 Å². The number of benzene rings is 3. The molecule has 1 aliphatic rings. The minimum Gasteiger partial charge on any atom is -0.504 e. The summed E-state index contributed by atoms with van der Waals surface area (Å²) < 4.78 is 29.8. The summed E-state index contributed by atoms with van der Waals surface area (Å²) in [4.78, 5) is 0. The van der Waals surface area contributed by atoms with Gasteiger partial charge in [0.1, 0.15) is 6.10 Å². The molecule has 36 heavy (non-hydrogen) atoms. The predicted octanol–water partition coefficient (Wildman–Crippen LogP) is 6.00. The normalized spacial score (nSPS) is 16.3. The number of ether oxygens (including phenoxy) is 5. The molecular weight excluding hydrogens is 456 g/mol. The van der Waals surface area contributed by atoms with Crippen molar-refractivity contribution in [2.45, 2.75) is 31.5 Å². The average molecular weight is 489 g/mol. The minimum atomic E-state index is -0.497. The maximum absolute atomic E-state index is 10.1. The Kier molecular flexibility index (Phi) is 7.74. The van der Waals surface area contributed by atoms with Gasteiger partial charge in [-0.2, -0.15) is 0 Å². The van der Waals surface area contributed by atoms with E-state index in [0.29, 0.717) is 41.6 Å². The topological polar surface area (TPSA) is 66.4 Å². The fourth-order valence-electron chi connectivity index (χ4n) is 4.49. The van der Waals surface area contributed by atoms with Crippen molar-refractivity contribution < 1.29 is 28.8 Å². The van der Waals surface area contributed by atoms with Gasteiger partial charge in [-0.05, 0) is 54.3 Å². The summed E-state index contributed by atoms with van der Waals surface area (Å²) in [5.41, 5.74) is 3.96. The molecule has 6 nitrogen and oxygen atoms in total. The number of methoxy groups -OCH3 is 3. The maximum Gasteiger partial charge on any atom is 0.165 e. The molecule has 1 N–H and O–H groups in total. The molecule has 0 aliphatic carbocycles. The van der Waals surface area contributed by atoms with Crippen LogP contribution in [0.4, 0.5) is 0 Å². The first-order valence-electron chi connectivity index (χ1n) is 11.8. The Hall–Kier alpha value is -4.06. The molecule has 0 amide bonds. The van der Waals surface area contributed by atoms with Gasteiger partial charge in [-0.15, -0.1) is 13.2 Å². The Morgan fingerprint density at radius 2 is 1.53 bits per heavy atom. The second kappa shape index (κ2) is 11.1. The first kappa shape index (κ1) is 25.0. The van der Waals surface area contributed by atoms with E-state index in [0.717, 1.165) is 28.7 Å². The van der Waals surface area contributed by atoms with Gasteiger partial charge in [-0.25, -0.2) is 0 Å². The number of fused-ring (bicyclic) bond motifs is 1. The van der Waals surface area contributed by atoms with Gasteiger partial charge in [0, 0.05) is 17.5 Å². The van der Waals surface area contributed by atoms with Gasteiger partial charge in [-0.1, -0.05) is 30.4 Å². The smallest absolute Gasteiger partial charge is 0.165 e. The molecule has 0 aromatic heterocycles. The van der Waals surface area contributed by atoms with Crippen LogP contribution in [0.15, 0.2) is 73.8 Å². The van der Waals surface area contributed by atoms with Crippen molar-refractivity contribution in [2.75, 3.05) is 21.3 Å². The van der Waals surface area contributed by atoms with E-state index in [1.165, 1.54) is 7.11 Å². The predicted molar refractivity (Wildman–Crippen MR) is 140 cm³/mol. The molecule has 0 saturated heterocycles. The second-order valence-electron chi connectivity index (χ2n) is 8.59. The van der Waals surface area contributed by atoms with Crippen LogP contribution in [0, 0.1) is 0 Å². The van der Waals surface area contributed by atoms with Crippen LogP contribution >= 0.6 is 0 Å². The third kappa shape index (κ3) is 5.13. The van der Waals surface area contributed by atoms with Crippen molar-refractivity contribution in [3.8, 4) is 34.5 Å². The Morgan fingerprint density at radius 1 is 0.833 bits per heavy atom. The van der Waals surface area contributed by atoms with Crippen LogP contribution in [0.3, 0.4) is 0 Å². The standard InChI is InChI=1S/C30H32O6/c1-6-8-19-10-13-24(26(15-19)33-4)35-28-18-22-14-20(9-7-2)16-27(34-5)30(22)36-29(28)21-11-12-23(31)25(17-21)32-3/h6-7,10-17,28-29,31H,1-2,8-9,18H2,3-5H3. The molecule has 1 aliphatic heterocycles. The van der Waals surface area contributed by atoms with Crippen LogP contribution in [0.1, 0.15) is 28.4 Å². The van der Waals surface area contributed by atoms with Crippen LogP contribution in [-0.2, 0) is 19.3 Å². The molecule has 1 heterocycles. The maximum atomic E-state index is 10.1. The molecule has 188 valence electrons. The van der Waals surface area contributed by atoms with E-state index in [-0.39, 0.29) is 5.75 Å². The van der Waals surface area contributed by atoms with Gasteiger partial charge in [0.05, 0.1) is 21.3 Å². The molecule has 0 bridgehead atoms. The molecule has 0 saturated carbocycles. The van der Waals surface area contributed by atoms with Crippen LogP contribution in [0.2, 0.25) is 0 Å². The minimum absolute atomic E-state index is 0.0565. The first-order chi connectivity index (χ1) is 17.5. The van der Waals surface area contributed by atoms with Crippen LogP contribution in [0.25, 0.3) is 0 Å². The largest absolute Gasteiger partial charge is 0.504 e. The fraction of sp³-hybridized carbons (Fsp3) is 0.267. The highest BCUT2D eigenvalue weighted by Crippen LogP contribution is 2.45. The molecule has 4 rings (SSSR count). The van der Waals surface area contributed by atoms with Gasteiger partial charge in [0.2, 0.25) is 0 Å². The Morgan fingerprint density at radius 3 is 2.22 bits per heavy atom. The number of aromatic hydroxyl groups is 1. The van der Waals surface area contributed by atoms with Crippen molar-refractivity contribution in [2.24, 2.45) is 0 Å². The number of phenolic OH excluding ortho intramolecular Hbond substituents is 1. The van der Waals surface area contributed by atoms with Crippen molar-refractivity contribution in [1.82, 2.24) is 0 Å². The number of hydrogen-bond acceptors (Lipinski definition) is 6. The highest BCUT2D eigenvalue weighted by molar-refractivity contribution is 5.53. The summed E-state index contributed by atoms with van der Waals surface area (Å²) in [6.45, 7) is 7.67. The summed E-state index contributed by atoms with van der Waals surface area (Å²) in [5, 5.41) is 10.1. The molecule has 0 fully saturated rings. The lowest BCUT2D eigenvalue weighted by molar-refractivity contribution is 0.0339. The van der Waals surface area contributed by atoms with E-state index >= 15 is 0 Å². The lowest BCUT2D eigenvalue weighted by Gasteiger charge is -2.35. The molecule has 2 unspecified atom stereocenters. The van der Waals surface area contributed by atoms with Crippen LogP contribution in [0.5, 0.6) is 34.5 Å². The SMILES string of the molecule is C=CCc1ccc(OC2Cc3cc(CC=C)cc(OC)c3OC2c2ccc(O)c(OC)c2)c(OC)c1. The number of phenols is 1. The molecule has 3 aromatic carbocycles. The Balaban J connectivity index is 1.78. The van der Waals surface area contributed by atoms with Gasteiger partial charge in [0.15, 0.2) is 40.6 Å². The van der Waals surface area contributed by atoms with Crippen molar-refractivity contribution in [3.63, 3.8) is 0 Å². The molecular formula is C30H32O6. The van der Waals surface area contributed by atoms with Gasteiger partial charge >= 0.3 is 0 Å². The summed E-state index contributed by atoms with van der Waals surface area (Å²) in [6, 6.07) is 15.1. The zero-order valence-electron chi connectivity index (χ0n) is 21.0. The summed E-state index contributed by atoms with van der Waals surface area (Å²) >= 11 is 0. The zero-order chi connectivity index (χ0) is 25.7. The van der Waals surface area contributed by atoms with Crippen molar-refractivity contribution in [3.05, 3.63) is 96.1 Å². The van der Waals surface area contributed by atoms with E-state index < -0.39 is 12.2 Å². The van der Waals surface area contributed by atoms with E-state index in [9.17, 15) is 5.11 Å². The van der Waals surface area contributed by atoms with Gasteiger partial charge < -0.3 is 28.8 Å². The molecule has 2 atom stereocenters. The van der Waals surface area contributed by atoms with E-state index in [1.807, 2.05) is 42.5 Å². The highest BCUT2D eigenvalue weighted by Gasteiger charge is 2.36. The summed E-state index contributed by atoms with van der Waals surface area (Å²) in [6.07, 6.45) is 4.84. The zero-order valence-corrected chi connectivity index (χ0v) is 21.0. The van der Waals surface area contributed by atoms with E-state index in [1.54, 1.807) is 26.4 Å². The third-order valence-electron chi connectivity index (χ3n) is 6.21. The van der Waals surface area contributed by atoms with Gasteiger partial charge in [0.25, 0.3) is 0 Å². The Labute approximate surface area is 212 Å². The lowest BCUT2D eigenvalue weighted by Crippen LogP contribution is -2.35. The first-order valence-corrected chi connectivity index (χ1v) is 11.8. The van der Waals surface area contributed by atoms with Crippen LogP contribution in [-0.4, -0.2) is 32.5 Å². The lowest BCUT2D eigenvalue weighted by atomic mass is 9.92. The monoisotopic (exact) mass is 488 g/mol. The van der Waals surface area contributed by atoms with E-state index in [4.69, 9.17) is 23.7 Å². The summed E-state index contributed by atoms with van der Waals surface area (Å²) in [7, 11) is 4.78. The molecule has 0 spiro atoms. The summed E-state index contributed by atoms with van der Waals surface area (Å²) in [5.74, 6) is 3.01. The third-order valence-corrected chi connectivity index (χ3v) is 6.21. The van der Waals surface area contributed by atoms with Crippen molar-refractivity contribution in [1.29, 1.82) is 0 Å². The quantitative estimate of drug-likeness (QED) is 0.353. The number of hydrogen-bond donors (Lipinski definition) is 1. The van der Waals surface area contributed by atoms with Gasteiger partial charge in [-0.3, -0.25) is 0 Å². The average Bonchev–Trinajstić information content (AvgIpc) is 2.89. The van der Waals surface area contributed by atoms with Crippen LogP contribution < -0.4 is 23.7 Å². The molecule has 3 aromatic rings.